The molecule has 8 heteroatoms. The molecule has 0 aromatic heterocycles. The van der Waals surface area contributed by atoms with Crippen LogP contribution in [0.1, 0.15) is 168 Å². The Morgan fingerprint density at radius 3 is 1.77 bits per heavy atom. The lowest BCUT2D eigenvalue weighted by atomic mass is 10.1. The Hall–Kier alpha value is -1.67. The van der Waals surface area contributed by atoms with E-state index in [1.807, 2.05) is 0 Å². The Bertz CT molecular complexity index is 720. The van der Waals surface area contributed by atoms with E-state index in [9.17, 15) is 14.4 Å². The summed E-state index contributed by atoms with van der Waals surface area (Å²) in [5.74, 6) is -0.303. The number of hydrogen-bond acceptors (Lipinski definition) is 5. The Balaban J connectivity index is 2.24. The highest BCUT2D eigenvalue weighted by Gasteiger charge is 2.31. The lowest BCUT2D eigenvalue weighted by molar-refractivity contribution is -0.129. The highest BCUT2D eigenvalue weighted by Crippen LogP contribution is 2.21. The average molecular weight is 623 g/mol. The van der Waals surface area contributed by atoms with Crippen LogP contribution in [0.25, 0.3) is 0 Å². The molecule has 3 atom stereocenters. The third-order valence-electron chi connectivity index (χ3n) is 8.88. The molecule has 0 aromatic carbocycles. The highest BCUT2D eigenvalue weighted by molar-refractivity contribution is 5.88. The van der Waals surface area contributed by atoms with Crippen molar-refractivity contribution >= 4 is 17.7 Å². The van der Waals surface area contributed by atoms with Gasteiger partial charge in [0.2, 0.25) is 17.7 Å². The van der Waals surface area contributed by atoms with Gasteiger partial charge in [0.25, 0.3) is 0 Å². The van der Waals surface area contributed by atoms with Gasteiger partial charge < -0.3 is 21.1 Å². The van der Waals surface area contributed by atoms with Crippen LogP contribution in [0.5, 0.6) is 0 Å². The van der Waals surface area contributed by atoms with Crippen LogP contribution in [0.15, 0.2) is 0 Å². The standard InChI is InChI=1S/C36H70N4O4/c1-3-5-7-9-16-20-27-37-34(42)25-24-33(36(44)38-28-21-17-10-8-6-4-2)39-35(43)23-19-15-13-11-12-14-18-22-29-40-31-32(40)26-30-41/h32-33,41H,3-31H2,1-2H3,(H,37,42)(H,38,44)(H,39,43). The molecule has 8 nitrogen and oxygen atoms in total. The first-order chi connectivity index (χ1) is 21.5. The Kier molecular flexibility index (Phi) is 26.4. The van der Waals surface area contributed by atoms with Gasteiger partial charge in [-0.1, -0.05) is 117 Å². The number of unbranched alkanes of at least 4 members (excludes halogenated alkanes) is 17. The van der Waals surface area contributed by atoms with Gasteiger partial charge in [0.1, 0.15) is 6.04 Å². The maximum absolute atomic E-state index is 13.0. The number of nitrogens with one attached hydrogen (secondary N) is 3. The van der Waals surface area contributed by atoms with Crippen LogP contribution < -0.4 is 16.0 Å². The van der Waals surface area contributed by atoms with Crippen molar-refractivity contribution in [3.05, 3.63) is 0 Å². The van der Waals surface area contributed by atoms with E-state index in [1.165, 1.54) is 90.0 Å². The molecule has 44 heavy (non-hydrogen) atoms. The minimum atomic E-state index is -0.659. The molecule has 3 amide bonds. The summed E-state index contributed by atoms with van der Waals surface area (Å²) in [6.45, 7) is 8.34. The third kappa shape index (κ3) is 23.7. The van der Waals surface area contributed by atoms with E-state index in [4.69, 9.17) is 5.11 Å². The molecule has 1 aliphatic heterocycles. The minimum Gasteiger partial charge on any atom is -0.396 e. The number of nitrogens with zero attached hydrogens (tertiary/aromatic N) is 1. The fourth-order valence-corrected chi connectivity index (χ4v) is 5.85. The van der Waals surface area contributed by atoms with Gasteiger partial charge in [-0.05, 0) is 45.1 Å². The molecule has 1 aliphatic rings. The van der Waals surface area contributed by atoms with Gasteiger partial charge in [-0.15, -0.1) is 0 Å². The molecule has 258 valence electrons. The molecule has 0 saturated carbocycles. The van der Waals surface area contributed by atoms with Crippen LogP contribution in [0.3, 0.4) is 0 Å². The van der Waals surface area contributed by atoms with Gasteiger partial charge in [-0.25, -0.2) is 0 Å². The maximum Gasteiger partial charge on any atom is 0.242 e. The number of amides is 3. The molecule has 0 aliphatic carbocycles. The van der Waals surface area contributed by atoms with Crippen molar-refractivity contribution in [2.45, 2.75) is 180 Å². The summed E-state index contributed by atoms with van der Waals surface area (Å²) < 4.78 is 0. The van der Waals surface area contributed by atoms with Gasteiger partial charge in [0.15, 0.2) is 0 Å². The lowest BCUT2D eigenvalue weighted by Gasteiger charge is -2.18. The molecular formula is C36H70N4O4. The molecule has 0 aromatic rings. The fourth-order valence-electron chi connectivity index (χ4n) is 5.85. The van der Waals surface area contributed by atoms with E-state index >= 15 is 0 Å². The van der Waals surface area contributed by atoms with Crippen LogP contribution in [0.2, 0.25) is 0 Å². The van der Waals surface area contributed by atoms with Crippen molar-refractivity contribution in [3.63, 3.8) is 0 Å². The zero-order valence-corrected chi connectivity index (χ0v) is 28.8. The number of rotatable bonds is 32. The second-order valence-electron chi connectivity index (χ2n) is 13.1. The molecule has 0 spiro atoms. The highest BCUT2D eigenvalue weighted by atomic mass is 16.3. The summed E-state index contributed by atoms with van der Waals surface area (Å²) in [5, 5.41) is 17.9. The number of aliphatic hydroxyl groups is 1. The smallest absolute Gasteiger partial charge is 0.242 e. The molecule has 1 saturated heterocycles. The van der Waals surface area contributed by atoms with E-state index in [0.717, 1.165) is 57.9 Å². The quantitative estimate of drug-likeness (QED) is 0.0488. The van der Waals surface area contributed by atoms with Crippen LogP contribution >= 0.6 is 0 Å². The van der Waals surface area contributed by atoms with Crippen LogP contribution in [-0.4, -0.2) is 72.6 Å². The predicted molar refractivity (Wildman–Crippen MR) is 183 cm³/mol. The van der Waals surface area contributed by atoms with E-state index in [1.54, 1.807) is 0 Å². The van der Waals surface area contributed by atoms with Crippen molar-refractivity contribution in [1.82, 2.24) is 20.9 Å². The zero-order chi connectivity index (χ0) is 32.1. The summed E-state index contributed by atoms with van der Waals surface area (Å²) in [6.07, 6.45) is 25.2. The first-order valence-corrected chi connectivity index (χ1v) is 18.7. The second kappa shape index (κ2) is 28.8. The largest absolute Gasteiger partial charge is 0.396 e. The van der Waals surface area contributed by atoms with E-state index in [0.29, 0.717) is 38.6 Å². The average Bonchev–Trinajstić information content (AvgIpc) is 3.76. The summed E-state index contributed by atoms with van der Waals surface area (Å²) >= 11 is 0. The number of aliphatic hydroxyl groups excluding tert-OH is 1. The topological polar surface area (TPSA) is 111 Å². The number of hydrogen-bond donors (Lipinski definition) is 4. The van der Waals surface area contributed by atoms with Crippen molar-refractivity contribution in [2.24, 2.45) is 0 Å². The van der Waals surface area contributed by atoms with Crippen molar-refractivity contribution in [2.75, 3.05) is 32.8 Å². The Labute approximate surface area is 270 Å². The second-order valence-corrected chi connectivity index (χ2v) is 13.1. The van der Waals surface area contributed by atoms with Gasteiger partial charge in [0.05, 0.1) is 0 Å². The summed E-state index contributed by atoms with van der Waals surface area (Å²) in [6, 6.07) is -0.0283. The van der Waals surface area contributed by atoms with Crippen LogP contribution in [-0.2, 0) is 14.4 Å². The van der Waals surface area contributed by atoms with Gasteiger partial charge in [0, 0.05) is 45.1 Å². The van der Waals surface area contributed by atoms with E-state index in [-0.39, 0.29) is 24.1 Å². The zero-order valence-electron chi connectivity index (χ0n) is 28.8. The summed E-state index contributed by atoms with van der Waals surface area (Å²) in [5.41, 5.74) is 0. The van der Waals surface area contributed by atoms with Gasteiger partial charge in [-0.2, -0.15) is 0 Å². The fraction of sp³-hybridized carbons (Fsp3) is 0.917. The molecule has 1 heterocycles. The molecular weight excluding hydrogens is 552 g/mol. The van der Waals surface area contributed by atoms with E-state index < -0.39 is 6.04 Å². The Morgan fingerprint density at radius 1 is 0.659 bits per heavy atom. The molecule has 3 unspecified atom stereocenters. The lowest BCUT2D eigenvalue weighted by Crippen LogP contribution is -2.47. The number of carbonyl (C=O) groups excluding carboxylic acids is 3. The van der Waals surface area contributed by atoms with Gasteiger partial charge >= 0.3 is 0 Å². The number of carbonyl (C=O) groups is 3. The van der Waals surface area contributed by atoms with Crippen LogP contribution in [0, 0.1) is 0 Å². The normalized spacial score (nSPS) is 16.4. The van der Waals surface area contributed by atoms with Crippen molar-refractivity contribution in [3.8, 4) is 0 Å². The monoisotopic (exact) mass is 623 g/mol. The molecule has 1 fully saturated rings. The first-order valence-electron chi connectivity index (χ1n) is 18.7. The molecule has 1 rings (SSSR count). The van der Waals surface area contributed by atoms with Crippen LogP contribution in [0.4, 0.5) is 0 Å². The minimum absolute atomic E-state index is 0.0440. The van der Waals surface area contributed by atoms with E-state index in [2.05, 4.69) is 34.7 Å². The molecule has 0 radical (unpaired) electrons. The summed E-state index contributed by atoms with van der Waals surface area (Å²) in [4.78, 5) is 40.6. The maximum atomic E-state index is 13.0. The SMILES string of the molecule is CCCCCCCCNC(=O)CCC(NC(=O)CCCCCCCCCCN1CC1CCO)C(=O)NCCCCCCCC. The third-order valence-corrected chi connectivity index (χ3v) is 8.88. The predicted octanol–water partition coefficient (Wildman–Crippen LogP) is 6.78. The molecule has 4 N–H and O–H groups in total. The van der Waals surface area contributed by atoms with Gasteiger partial charge in [-0.3, -0.25) is 19.3 Å². The van der Waals surface area contributed by atoms with Crippen molar-refractivity contribution in [1.29, 1.82) is 0 Å². The summed E-state index contributed by atoms with van der Waals surface area (Å²) in [7, 11) is 0. The molecule has 0 bridgehead atoms. The first kappa shape index (κ1) is 40.4. The van der Waals surface area contributed by atoms with Crippen molar-refractivity contribution < 1.29 is 19.5 Å². The Morgan fingerprint density at radius 2 is 1.18 bits per heavy atom.